The van der Waals surface area contributed by atoms with Crippen LogP contribution in [0.4, 0.5) is 0 Å². The fraction of sp³-hybridized carbons (Fsp3) is 0.611. The molecule has 128 valence electrons. The third kappa shape index (κ3) is 5.52. The van der Waals surface area contributed by atoms with Gasteiger partial charge in [0.1, 0.15) is 12.4 Å². The molecule has 0 bridgehead atoms. The van der Waals surface area contributed by atoms with Crippen LogP contribution in [-0.2, 0) is 9.53 Å². The molecule has 1 aromatic rings. The van der Waals surface area contributed by atoms with E-state index in [4.69, 9.17) is 9.47 Å². The molecule has 1 aliphatic rings. The van der Waals surface area contributed by atoms with Crippen molar-refractivity contribution in [1.29, 1.82) is 0 Å². The maximum absolute atomic E-state index is 12.3. The number of nitrogens with zero attached hydrogens (tertiary/aromatic N) is 1. The Labute approximate surface area is 139 Å². The number of rotatable bonds is 6. The van der Waals surface area contributed by atoms with E-state index in [1.807, 2.05) is 52.0 Å². The fourth-order valence-corrected chi connectivity index (χ4v) is 2.90. The first-order chi connectivity index (χ1) is 11.0. The molecule has 1 N–H and O–H groups in total. The van der Waals surface area contributed by atoms with Crippen LogP contribution in [0.25, 0.3) is 0 Å². The molecule has 0 aliphatic carbocycles. The first kappa shape index (κ1) is 17.8. The van der Waals surface area contributed by atoms with E-state index in [-0.39, 0.29) is 24.2 Å². The summed E-state index contributed by atoms with van der Waals surface area (Å²) < 4.78 is 11.4. The molecule has 2 rings (SSSR count). The van der Waals surface area contributed by atoms with Gasteiger partial charge in [0.15, 0.2) is 0 Å². The Morgan fingerprint density at radius 2 is 2.09 bits per heavy atom. The number of carbonyl (C=O) groups is 1. The number of aryl methyl sites for hydroxylation is 1. The van der Waals surface area contributed by atoms with E-state index >= 15 is 0 Å². The fourth-order valence-electron chi connectivity index (χ4n) is 2.90. The quantitative estimate of drug-likeness (QED) is 0.815. The van der Waals surface area contributed by atoms with Crippen molar-refractivity contribution in [2.75, 3.05) is 26.2 Å². The number of morpholine rings is 1. The molecule has 0 saturated carbocycles. The van der Waals surface area contributed by atoms with Crippen molar-refractivity contribution in [2.24, 2.45) is 0 Å². The first-order valence-electron chi connectivity index (χ1n) is 8.32. The molecular formula is C18H28N2O3. The molecule has 5 nitrogen and oxygen atoms in total. The summed E-state index contributed by atoms with van der Waals surface area (Å²) in [6.45, 7) is 10.6. The van der Waals surface area contributed by atoms with Crippen LogP contribution in [0, 0.1) is 6.92 Å². The van der Waals surface area contributed by atoms with Crippen LogP contribution in [0.3, 0.4) is 0 Å². The average molecular weight is 320 g/mol. The third-order valence-electron chi connectivity index (χ3n) is 4.03. The number of carbonyl (C=O) groups excluding carboxylic acids is 1. The van der Waals surface area contributed by atoms with Crippen molar-refractivity contribution in [3.63, 3.8) is 0 Å². The number of hydrogen-bond donors (Lipinski definition) is 1. The summed E-state index contributed by atoms with van der Waals surface area (Å²) in [6, 6.07) is 7.75. The molecule has 1 aromatic carbocycles. The monoisotopic (exact) mass is 320 g/mol. The van der Waals surface area contributed by atoms with Gasteiger partial charge in [-0.15, -0.1) is 0 Å². The van der Waals surface area contributed by atoms with Gasteiger partial charge in [-0.2, -0.15) is 0 Å². The maximum atomic E-state index is 12.3. The van der Waals surface area contributed by atoms with E-state index in [9.17, 15) is 4.79 Å². The summed E-state index contributed by atoms with van der Waals surface area (Å²) in [4.78, 5) is 14.4. The molecule has 0 spiro atoms. The zero-order chi connectivity index (χ0) is 16.8. The molecule has 1 fully saturated rings. The Kier molecular flexibility index (Phi) is 6.42. The highest BCUT2D eigenvalue weighted by Crippen LogP contribution is 2.14. The average Bonchev–Trinajstić information content (AvgIpc) is 2.49. The van der Waals surface area contributed by atoms with E-state index in [0.29, 0.717) is 13.2 Å². The van der Waals surface area contributed by atoms with Gasteiger partial charge in [0.05, 0.1) is 24.8 Å². The zero-order valence-corrected chi connectivity index (χ0v) is 14.5. The van der Waals surface area contributed by atoms with Gasteiger partial charge < -0.3 is 14.8 Å². The summed E-state index contributed by atoms with van der Waals surface area (Å²) >= 11 is 0. The van der Waals surface area contributed by atoms with Gasteiger partial charge in [0, 0.05) is 13.1 Å². The number of hydrogen-bond acceptors (Lipinski definition) is 4. The van der Waals surface area contributed by atoms with Crippen molar-refractivity contribution in [2.45, 2.75) is 45.9 Å². The van der Waals surface area contributed by atoms with Gasteiger partial charge in [-0.25, -0.2) is 0 Å². The maximum Gasteiger partial charge on any atom is 0.237 e. The smallest absolute Gasteiger partial charge is 0.237 e. The summed E-state index contributed by atoms with van der Waals surface area (Å²) in [5, 5.41) is 2.95. The molecular weight excluding hydrogens is 292 g/mol. The molecule has 1 amide bonds. The minimum atomic E-state index is -0.150. The Morgan fingerprint density at radius 3 is 2.74 bits per heavy atom. The molecule has 1 saturated heterocycles. The van der Waals surface area contributed by atoms with Crippen LogP contribution in [-0.4, -0.2) is 55.3 Å². The highest BCUT2D eigenvalue weighted by molar-refractivity contribution is 5.81. The Hall–Kier alpha value is -1.59. The van der Waals surface area contributed by atoms with E-state index in [1.54, 1.807) is 0 Å². The van der Waals surface area contributed by atoms with E-state index in [2.05, 4.69) is 10.2 Å². The highest BCUT2D eigenvalue weighted by Gasteiger charge is 2.28. The molecule has 3 atom stereocenters. The number of ether oxygens (including phenoxy) is 2. The van der Waals surface area contributed by atoms with Crippen LogP contribution >= 0.6 is 0 Å². The lowest BCUT2D eigenvalue weighted by atomic mass is 10.1. The van der Waals surface area contributed by atoms with Crippen molar-refractivity contribution in [1.82, 2.24) is 10.2 Å². The molecule has 0 radical (unpaired) electrons. The normalized spacial score (nSPS) is 23.3. The Bertz CT molecular complexity index is 511. The number of amides is 1. The second-order valence-electron chi connectivity index (χ2n) is 6.34. The predicted octanol–water partition coefficient (Wildman–Crippen LogP) is 1.99. The second-order valence-corrected chi connectivity index (χ2v) is 6.34. The van der Waals surface area contributed by atoms with Crippen LogP contribution in [0.2, 0.25) is 0 Å². The summed E-state index contributed by atoms with van der Waals surface area (Å²) in [5.74, 6) is 0.877. The topological polar surface area (TPSA) is 50.8 Å². The molecule has 23 heavy (non-hydrogen) atoms. The van der Waals surface area contributed by atoms with Crippen molar-refractivity contribution >= 4 is 5.91 Å². The second kappa shape index (κ2) is 8.31. The lowest BCUT2D eigenvalue weighted by molar-refractivity contribution is -0.131. The standard InChI is InChI=1S/C18H28N2O3/c1-13-6-5-7-17(10-13)22-9-8-19-18(21)16(4)20-11-14(2)23-15(3)12-20/h5-7,10,14-16H,8-9,11-12H2,1-4H3,(H,19,21)/t14-,15-,16+/m1/s1. The van der Waals surface area contributed by atoms with Gasteiger partial charge in [-0.3, -0.25) is 9.69 Å². The molecule has 0 aromatic heterocycles. The number of nitrogens with one attached hydrogen (secondary N) is 1. The summed E-state index contributed by atoms with van der Waals surface area (Å²) in [5.41, 5.74) is 1.16. The van der Waals surface area contributed by atoms with Crippen molar-refractivity contribution < 1.29 is 14.3 Å². The van der Waals surface area contributed by atoms with E-state index in [1.165, 1.54) is 0 Å². The molecule has 1 aliphatic heterocycles. The van der Waals surface area contributed by atoms with Crippen LogP contribution in [0.15, 0.2) is 24.3 Å². The summed E-state index contributed by atoms with van der Waals surface area (Å²) in [6.07, 6.45) is 0.331. The molecule has 5 heteroatoms. The van der Waals surface area contributed by atoms with Crippen molar-refractivity contribution in [3.8, 4) is 5.75 Å². The summed E-state index contributed by atoms with van der Waals surface area (Å²) in [7, 11) is 0. The lowest BCUT2D eigenvalue weighted by Gasteiger charge is -2.38. The molecule has 0 unspecified atom stereocenters. The van der Waals surface area contributed by atoms with E-state index in [0.717, 1.165) is 24.4 Å². The lowest BCUT2D eigenvalue weighted by Crippen LogP contribution is -2.54. The predicted molar refractivity (Wildman–Crippen MR) is 90.7 cm³/mol. The van der Waals surface area contributed by atoms with Gasteiger partial charge in [-0.05, 0) is 45.4 Å². The zero-order valence-electron chi connectivity index (χ0n) is 14.5. The van der Waals surface area contributed by atoms with Crippen LogP contribution < -0.4 is 10.1 Å². The van der Waals surface area contributed by atoms with Gasteiger partial charge >= 0.3 is 0 Å². The highest BCUT2D eigenvalue weighted by atomic mass is 16.5. The Balaban J connectivity index is 1.71. The first-order valence-corrected chi connectivity index (χ1v) is 8.32. The Morgan fingerprint density at radius 1 is 1.39 bits per heavy atom. The minimum Gasteiger partial charge on any atom is -0.492 e. The third-order valence-corrected chi connectivity index (χ3v) is 4.03. The SMILES string of the molecule is Cc1cccc(OCCNC(=O)[C@H](C)N2C[C@@H](C)O[C@H](C)C2)c1. The molecule has 1 heterocycles. The van der Waals surface area contributed by atoms with Gasteiger partial charge in [0.2, 0.25) is 5.91 Å². The van der Waals surface area contributed by atoms with Gasteiger partial charge in [-0.1, -0.05) is 12.1 Å². The largest absolute Gasteiger partial charge is 0.492 e. The number of benzene rings is 1. The van der Waals surface area contributed by atoms with Crippen molar-refractivity contribution in [3.05, 3.63) is 29.8 Å². The van der Waals surface area contributed by atoms with Crippen LogP contribution in [0.1, 0.15) is 26.3 Å². The van der Waals surface area contributed by atoms with E-state index < -0.39 is 0 Å². The van der Waals surface area contributed by atoms with Crippen LogP contribution in [0.5, 0.6) is 5.75 Å². The van der Waals surface area contributed by atoms with Gasteiger partial charge in [0.25, 0.3) is 0 Å². The minimum absolute atomic E-state index is 0.0409.